The van der Waals surface area contributed by atoms with Gasteiger partial charge in [0.05, 0.1) is 6.61 Å². The van der Waals surface area contributed by atoms with Gasteiger partial charge in [0.1, 0.15) is 11.6 Å². The third-order valence-electron chi connectivity index (χ3n) is 2.39. The molecule has 0 aromatic carbocycles. The minimum Gasteiger partial charge on any atom is -0.394 e. The van der Waals surface area contributed by atoms with E-state index in [0.717, 1.165) is 18.7 Å². The molecule has 0 aliphatic heterocycles. The molecular weight excluding hydrogens is 194 g/mol. The van der Waals surface area contributed by atoms with Crippen molar-refractivity contribution in [1.29, 1.82) is 0 Å². The predicted octanol–water partition coefficient (Wildman–Crippen LogP) is 0.440. The van der Waals surface area contributed by atoms with Crippen molar-refractivity contribution in [2.75, 3.05) is 11.9 Å². The van der Waals surface area contributed by atoms with Crippen LogP contribution in [0.2, 0.25) is 0 Å². The SMILES string of the molecule is CC(CO)Nc1cc(=O)[nH]c(C2CC2)n1. The number of hydrogen-bond acceptors (Lipinski definition) is 4. The van der Waals surface area contributed by atoms with E-state index in [-0.39, 0.29) is 18.2 Å². The number of aromatic nitrogens is 2. The van der Waals surface area contributed by atoms with E-state index in [1.54, 1.807) is 0 Å². The topological polar surface area (TPSA) is 78.0 Å². The van der Waals surface area contributed by atoms with E-state index in [4.69, 9.17) is 5.11 Å². The van der Waals surface area contributed by atoms with Gasteiger partial charge in [0.15, 0.2) is 0 Å². The molecule has 82 valence electrons. The molecule has 0 saturated heterocycles. The summed E-state index contributed by atoms with van der Waals surface area (Å²) in [6.07, 6.45) is 2.20. The minimum absolute atomic E-state index is 0.0211. The molecule has 1 unspecified atom stereocenters. The highest BCUT2D eigenvalue weighted by atomic mass is 16.3. The van der Waals surface area contributed by atoms with Gasteiger partial charge in [0.25, 0.3) is 5.56 Å². The lowest BCUT2D eigenvalue weighted by molar-refractivity contribution is 0.281. The Morgan fingerprint density at radius 1 is 1.73 bits per heavy atom. The second kappa shape index (κ2) is 4.02. The number of rotatable bonds is 4. The summed E-state index contributed by atoms with van der Waals surface area (Å²) in [6, 6.07) is 1.32. The van der Waals surface area contributed by atoms with E-state index in [0.29, 0.717) is 11.7 Å². The molecule has 5 heteroatoms. The maximum atomic E-state index is 11.3. The molecule has 0 radical (unpaired) electrons. The van der Waals surface area contributed by atoms with Gasteiger partial charge in [0.2, 0.25) is 0 Å². The van der Waals surface area contributed by atoms with Crippen LogP contribution in [-0.2, 0) is 0 Å². The van der Waals surface area contributed by atoms with Crippen LogP contribution in [0.5, 0.6) is 0 Å². The van der Waals surface area contributed by atoms with Crippen molar-refractivity contribution in [2.45, 2.75) is 31.7 Å². The molecule has 1 fully saturated rings. The Balaban J connectivity index is 2.19. The van der Waals surface area contributed by atoms with E-state index in [1.165, 1.54) is 6.07 Å². The molecule has 0 amide bonds. The third-order valence-corrected chi connectivity index (χ3v) is 2.39. The Kier molecular flexibility index (Phi) is 2.73. The average molecular weight is 209 g/mol. The van der Waals surface area contributed by atoms with Crippen LogP contribution in [-0.4, -0.2) is 27.7 Å². The summed E-state index contributed by atoms with van der Waals surface area (Å²) in [7, 11) is 0. The van der Waals surface area contributed by atoms with Gasteiger partial charge in [-0.2, -0.15) is 0 Å². The standard InChI is InChI=1S/C10H15N3O2/c1-6(5-14)11-8-4-9(15)13-10(12-8)7-2-3-7/h4,6-7,14H,2-3,5H2,1H3,(H2,11,12,13,15). The van der Waals surface area contributed by atoms with Crippen molar-refractivity contribution < 1.29 is 5.11 Å². The van der Waals surface area contributed by atoms with Crippen LogP contribution in [0, 0.1) is 0 Å². The van der Waals surface area contributed by atoms with Gasteiger partial charge >= 0.3 is 0 Å². The van der Waals surface area contributed by atoms with E-state index < -0.39 is 0 Å². The normalized spacial score (nSPS) is 17.5. The molecular formula is C10H15N3O2. The molecule has 1 atom stereocenters. The summed E-state index contributed by atoms with van der Waals surface area (Å²) in [6.45, 7) is 1.85. The lowest BCUT2D eigenvalue weighted by Crippen LogP contribution is -2.22. The van der Waals surface area contributed by atoms with Crippen LogP contribution in [0.3, 0.4) is 0 Å². The summed E-state index contributed by atoms with van der Waals surface area (Å²) in [5, 5.41) is 11.9. The average Bonchev–Trinajstić information content (AvgIpc) is 2.99. The van der Waals surface area contributed by atoms with Gasteiger partial charge in [-0.3, -0.25) is 4.79 Å². The zero-order valence-corrected chi connectivity index (χ0v) is 8.66. The Morgan fingerprint density at radius 2 is 2.47 bits per heavy atom. The smallest absolute Gasteiger partial charge is 0.252 e. The fourth-order valence-corrected chi connectivity index (χ4v) is 1.40. The fraction of sp³-hybridized carbons (Fsp3) is 0.600. The van der Waals surface area contributed by atoms with Crippen molar-refractivity contribution in [3.8, 4) is 0 Å². The molecule has 1 aliphatic rings. The third kappa shape index (κ3) is 2.56. The quantitative estimate of drug-likeness (QED) is 0.672. The van der Waals surface area contributed by atoms with Crippen LogP contribution in [0.1, 0.15) is 31.5 Å². The molecule has 1 saturated carbocycles. The Morgan fingerprint density at radius 3 is 3.07 bits per heavy atom. The number of H-pyrrole nitrogens is 1. The van der Waals surface area contributed by atoms with Crippen LogP contribution in [0.25, 0.3) is 0 Å². The molecule has 15 heavy (non-hydrogen) atoms. The fourth-order valence-electron chi connectivity index (χ4n) is 1.40. The monoisotopic (exact) mass is 209 g/mol. The van der Waals surface area contributed by atoms with Crippen molar-refractivity contribution in [1.82, 2.24) is 9.97 Å². The second-order valence-corrected chi connectivity index (χ2v) is 4.02. The largest absolute Gasteiger partial charge is 0.394 e. The highest BCUT2D eigenvalue weighted by Gasteiger charge is 2.26. The number of anilines is 1. The number of aromatic amines is 1. The van der Waals surface area contributed by atoms with Gasteiger partial charge in [-0.15, -0.1) is 0 Å². The molecule has 1 aromatic rings. The number of aliphatic hydroxyl groups excluding tert-OH is 1. The van der Waals surface area contributed by atoms with Crippen molar-refractivity contribution in [3.05, 3.63) is 22.2 Å². The summed E-state index contributed by atoms with van der Waals surface area (Å²) in [5.41, 5.74) is -0.139. The van der Waals surface area contributed by atoms with E-state index >= 15 is 0 Å². The van der Waals surface area contributed by atoms with Gasteiger partial charge in [-0.05, 0) is 19.8 Å². The second-order valence-electron chi connectivity index (χ2n) is 4.02. The summed E-state index contributed by atoms with van der Waals surface area (Å²) >= 11 is 0. The van der Waals surface area contributed by atoms with E-state index in [9.17, 15) is 4.79 Å². The van der Waals surface area contributed by atoms with Crippen LogP contribution < -0.4 is 10.9 Å². The van der Waals surface area contributed by atoms with Gasteiger partial charge < -0.3 is 15.4 Å². The van der Waals surface area contributed by atoms with Gasteiger partial charge in [-0.25, -0.2) is 4.98 Å². The zero-order valence-electron chi connectivity index (χ0n) is 8.66. The van der Waals surface area contributed by atoms with E-state index in [2.05, 4.69) is 15.3 Å². The van der Waals surface area contributed by atoms with Crippen molar-refractivity contribution in [3.63, 3.8) is 0 Å². The zero-order chi connectivity index (χ0) is 10.8. The minimum atomic E-state index is -0.139. The van der Waals surface area contributed by atoms with Gasteiger partial charge in [0, 0.05) is 18.0 Å². The Bertz CT molecular complexity index is 398. The lowest BCUT2D eigenvalue weighted by atomic mass is 10.3. The first-order valence-corrected chi connectivity index (χ1v) is 5.17. The first-order chi connectivity index (χ1) is 7.19. The maximum absolute atomic E-state index is 11.3. The first-order valence-electron chi connectivity index (χ1n) is 5.17. The van der Waals surface area contributed by atoms with Gasteiger partial charge in [-0.1, -0.05) is 0 Å². The predicted molar refractivity (Wildman–Crippen MR) is 57.0 cm³/mol. The number of nitrogens with one attached hydrogen (secondary N) is 2. The molecule has 5 nitrogen and oxygen atoms in total. The van der Waals surface area contributed by atoms with Crippen LogP contribution in [0.15, 0.2) is 10.9 Å². The number of nitrogens with zero attached hydrogens (tertiary/aromatic N) is 1. The van der Waals surface area contributed by atoms with E-state index in [1.807, 2.05) is 6.92 Å². The molecule has 0 spiro atoms. The summed E-state index contributed by atoms with van der Waals surface area (Å²) in [4.78, 5) is 18.4. The first kappa shape index (κ1) is 10.2. The summed E-state index contributed by atoms with van der Waals surface area (Å²) in [5.74, 6) is 1.72. The summed E-state index contributed by atoms with van der Waals surface area (Å²) < 4.78 is 0. The molecule has 2 rings (SSSR count). The molecule has 1 heterocycles. The Labute approximate surface area is 87.6 Å². The van der Waals surface area contributed by atoms with Crippen molar-refractivity contribution >= 4 is 5.82 Å². The maximum Gasteiger partial charge on any atom is 0.252 e. The molecule has 1 aromatic heterocycles. The molecule has 3 N–H and O–H groups in total. The molecule has 0 bridgehead atoms. The highest BCUT2D eigenvalue weighted by molar-refractivity contribution is 5.35. The van der Waals surface area contributed by atoms with Crippen molar-refractivity contribution in [2.24, 2.45) is 0 Å². The molecule has 1 aliphatic carbocycles. The Hall–Kier alpha value is -1.36. The highest BCUT2D eigenvalue weighted by Crippen LogP contribution is 2.37. The van der Waals surface area contributed by atoms with Crippen LogP contribution in [0.4, 0.5) is 5.82 Å². The number of hydrogen-bond donors (Lipinski definition) is 3. The lowest BCUT2D eigenvalue weighted by Gasteiger charge is -2.11. The van der Waals surface area contributed by atoms with Crippen LogP contribution >= 0.6 is 0 Å². The number of aliphatic hydroxyl groups is 1.